The van der Waals surface area contributed by atoms with Gasteiger partial charge in [0, 0.05) is 31.9 Å². The van der Waals surface area contributed by atoms with Crippen LogP contribution in [0.3, 0.4) is 0 Å². The van der Waals surface area contributed by atoms with Crippen LogP contribution in [0, 0.1) is 25.7 Å². The molecule has 5 nitrogen and oxygen atoms in total. The summed E-state index contributed by atoms with van der Waals surface area (Å²) in [7, 11) is 2.01. The number of nitrogens with one attached hydrogen (secondary N) is 2. The lowest BCUT2D eigenvalue weighted by atomic mass is 9.82. The van der Waals surface area contributed by atoms with Crippen LogP contribution in [0.15, 0.2) is 4.99 Å². The van der Waals surface area contributed by atoms with E-state index < -0.39 is 0 Å². The number of aliphatic imine (C=N–C) groups is 1. The van der Waals surface area contributed by atoms with Crippen molar-refractivity contribution in [1.82, 2.24) is 20.4 Å². The van der Waals surface area contributed by atoms with Gasteiger partial charge in [-0.2, -0.15) is 5.10 Å². The van der Waals surface area contributed by atoms with E-state index in [0.717, 1.165) is 43.0 Å². The van der Waals surface area contributed by atoms with Crippen molar-refractivity contribution >= 4 is 5.96 Å². The van der Waals surface area contributed by atoms with Gasteiger partial charge in [-0.25, -0.2) is 0 Å². The van der Waals surface area contributed by atoms with Crippen molar-refractivity contribution in [3.63, 3.8) is 0 Å². The van der Waals surface area contributed by atoms with Crippen LogP contribution >= 0.6 is 0 Å². The first kappa shape index (κ1) is 19.8. The van der Waals surface area contributed by atoms with Crippen molar-refractivity contribution in [2.24, 2.45) is 23.9 Å². The van der Waals surface area contributed by atoms with Crippen molar-refractivity contribution in [2.45, 2.75) is 72.8 Å². The molecule has 0 bridgehead atoms. The summed E-state index contributed by atoms with van der Waals surface area (Å²) in [4.78, 5) is 4.88. The Hall–Kier alpha value is -1.52. The van der Waals surface area contributed by atoms with E-state index in [2.05, 4.69) is 50.4 Å². The van der Waals surface area contributed by atoms with E-state index in [9.17, 15) is 0 Å². The Bertz CT molecular complexity index is 575. The molecule has 1 heterocycles. The first-order valence-electron chi connectivity index (χ1n) is 9.94. The van der Waals surface area contributed by atoms with Crippen molar-refractivity contribution in [2.75, 3.05) is 13.1 Å². The van der Waals surface area contributed by atoms with E-state index >= 15 is 0 Å². The fourth-order valence-electron chi connectivity index (χ4n) is 3.97. The van der Waals surface area contributed by atoms with Gasteiger partial charge in [0.1, 0.15) is 0 Å². The first-order chi connectivity index (χ1) is 11.9. The third kappa shape index (κ3) is 5.75. The minimum atomic E-state index is 0.324. The second-order valence-electron chi connectivity index (χ2n) is 7.88. The Morgan fingerprint density at radius 1 is 1.36 bits per heavy atom. The normalized spacial score (nSPS) is 22.7. The molecule has 142 valence electrons. The summed E-state index contributed by atoms with van der Waals surface area (Å²) in [5.41, 5.74) is 3.73. The second kappa shape index (κ2) is 9.25. The molecule has 1 aromatic heterocycles. The Kier molecular flexibility index (Phi) is 7.33. The second-order valence-corrected chi connectivity index (χ2v) is 7.88. The average Bonchev–Trinajstić information content (AvgIpc) is 2.79. The predicted octanol–water partition coefficient (Wildman–Crippen LogP) is 3.35. The van der Waals surface area contributed by atoms with Gasteiger partial charge >= 0.3 is 0 Å². The third-order valence-electron chi connectivity index (χ3n) is 5.45. The largest absolute Gasteiger partial charge is 0.357 e. The zero-order valence-corrected chi connectivity index (χ0v) is 17.0. The van der Waals surface area contributed by atoms with Crippen LogP contribution in [0.4, 0.5) is 0 Å². The highest BCUT2D eigenvalue weighted by Crippen LogP contribution is 2.28. The number of hydrogen-bond acceptors (Lipinski definition) is 2. The molecule has 3 atom stereocenters. The van der Waals surface area contributed by atoms with Gasteiger partial charge in [0.25, 0.3) is 0 Å². The third-order valence-corrected chi connectivity index (χ3v) is 5.45. The molecule has 25 heavy (non-hydrogen) atoms. The summed E-state index contributed by atoms with van der Waals surface area (Å²) in [6.45, 7) is 12.8. The summed E-state index contributed by atoms with van der Waals surface area (Å²) in [6.07, 6.45) is 6.38. The number of hydrogen-bond donors (Lipinski definition) is 2. The summed E-state index contributed by atoms with van der Waals surface area (Å²) in [5, 5.41) is 11.5. The molecule has 0 radical (unpaired) electrons. The molecule has 0 amide bonds. The van der Waals surface area contributed by atoms with E-state index in [0.29, 0.717) is 6.04 Å². The van der Waals surface area contributed by atoms with Crippen LogP contribution in [-0.2, 0) is 13.5 Å². The minimum Gasteiger partial charge on any atom is -0.357 e. The molecule has 1 fully saturated rings. The van der Waals surface area contributed by atoms with Crippen LogP contribution in [0.5, 0.6) is 0 Å². The van der Waals surface area contributed by atoms with Crippen LogP contribution in [-0.4, -0.2) is 34.9 Å². The molecule has 0 aromatic carbocycles. The summed E-state index contributed by atoms with van der Waals surface area (Å²) in [5.74, 6) is 2.56. The molecule has 1 saturated carbocycles. The van der Waals surface area contributed by atoms with Gasteiger partial charge in [-0.1, -0.05) is 19.8 Å². The Balaban J connectivity index is 1.93. The van der Waals surface area contributed by atoms with Gasteiger partial charge in [0.15, 0.2) is 5.96 Å². The van der Waals surface area contributed by atoms with E-state index in [1.807, 2.05) is 11.7 Å². The molecular weight excluding hydrogens is 310 g/mol. The van der Waals surface area contributed by atoms with E-state index in [4.69, 9.17) is 4.99 Å². The lowest BCUT2D eigenvalue weighted by Crippen LogP contribution is -2.43. The maximum atomic E-state index is 4.88. The molecular formula is C20H37N5. The van der Waals surface area contributed by atoms with Crippen LogP contribution in [0.2, 0.25) is 0 Å². The molecule has 0 saturated heterocycles. The van der Waals surface area contributed by atoms with Gasteiger partial charge in [-0.3, -0.25) is 9.67 Å². The topological polar surface area (TPSA) is 54.2 Å². The number of aromatic nitrogens is 2. The molecule has 1 aromatic rings. The van der Waals surface area contributed by atoms with Crippen molar-refractivity contribution in [3.05, 3.63) is 17.0 Å². The number of aryl methyl sites for hydroxylation is 2. The van der Waals surface area contributed by atoms with Crippen LogP contribution < -0.4 is 10.6 Å². The van der Waals surface area contributed by atoms with Gasteiger partial charge in [0.05, 0.1) is 5.69 Å². The zero-order valence-electron chi connectivity index (χ0n) is 17.0. The van der Waals surface area contributed by atoms with Crippen LogP contribution in [0.1, 0.15) is 63.4 Å². The van der Waals surface area contributed by atoms with E-state index in [1.165, 1.54) is 36.9 Å². The molecule has 2 N–H and O–H groups in total. The number of guanidine groups is 1. The van der Waals surface area contributed by atoms with Gasteiger partial charge in [-0.05, 0) is 64.4 Å². The number of rotatable bonds is 6. The van der Waals surface area contributed by atoms with Crippen LogP contribution in [0.25, 0.3) is 0 Å². The quantitative estimate of drug-likeness (QED) is 0.613. The van der Waals surface area contributed by atoms with Gasteiger partial charge in [0.2, 0.25) is 0 Å². The Labute approximate surface area is 153 Å². The molecule has 1 aliphatic carbocycles. The minimum absolute atomic E-state index is 0.324. The summed E-state index contributed by atoms with van der Waals surface area (Å²) in [6, 6.07) is 0.324. The summed E-state index contributed by atoms with van der Waals surface area (Å²) < 4.78 is 1.97. The maximum absolute atomic E-state index is 4.88. The van der Waals surface area contributed by atoms with Gasteiger partial charge in [-0.15, -0.1) is 0 Å². The van der Waals surface area contributed by atoms with Gasteiger partial charge < -0.3 is 10.6 Å². The number of nitrogens with zero attached hydrogens (tertiary/aromatic N) is 3. The fraction of sp³-hybridized carbons (Fsp3) is 0.800. The highest BCUT2D eigenvalue weighted by Gasteiger charge is 2.19. The Morgan fingerprint density at radius 3 is 2.72 bits per heavy atom. The highest BCUT2D eigenvalue weighted by molar-refractivity contribution is 5.80. The maximum Gasteiger partial charge on any atom is 0.191 e. The van der Waals surface area contributed by atoms with E-state index in [1.54, 1.807) is 0 Å². The first-order valence-corrected chi connectivity index (χ1v) is 9.94. The average molecular weight is 348 g/mol. The van der Waals surface area contributed by atoms with Crippen molar-refractivity contribution < 1.29 is 0 Å². The SMILES string of the molecule is CCNC(=NCC1CCCC(C)C1)NC(C)Cc1c(C)nn(C)c1C. The zero-order chi connectivity index (χ0) is 18.4. The summed E-state index contributed by atoms with van der Waals surface area (Å²) >= 11 is 0. The molecule has 3 unspecified atom stereocenters. The molecule has 5 heteroatoms. The fourth-order valence-corrected chi connectivity index (χ4v) is 3.97. The van der Waals surface area contributed by atoms with Crippen molar-refractivity contribution in [3.8, 4) is 0 Å². The smallest absolute Gasteiger partial charge is 0.191 e. The standard InChI is InChI=1S/C20H37N5/c1-7-21-20(22-13-18-10-8-9-14(2)11-18)23-15(3)12-19-16(4)24-25(6)17(19)5/h14-15,18H,7-13H2,1-6H3,(H2,21,22,23). The molecule has 0 aliphatic heterocycles. The predicted molar refractivity (Wildman–Crippen MR) is 106 cm³/mol. The lowest BCUT2D eigenvalue weighted by molar-refractivity contribution is 0.289. The lowest BCUT2D eigenvalue weighted by Gasteiger charge is -2.26. The highest BCUT2D eigenvalue weighted by atomic mass is 15.3. The molecule has 2 rings (SSSR count). The van der Waals surface area contributed by atoms with E-state index in [-0.39, 0.29) is 0 Å². The molecule has 0 spiro atoms. The Morgan fingerprint density at radius 2 is 2.12 bits per heavy atom. The monoisotopic (exact) mass is 347 g/mol. The van der Waals surface area contributed by atoms with Crippen molar-refractivity contribution in [1.29, 1.82) is 0 Å². The molecule has 1 aliphatic rings.